The molecule has 0 aromatic heterocycles. The molecular weight excluding hydrogens is 374 g/mol. The molecule has 0 N–H and O–H groups in total. The van der Waals surface area contributed by atoms with Crippen molar-refractivity contribution in [2.75, 3.05) is 0 Å². The van der Waals surface area contributed by atoms with Crippen molar-refractivity contribution in [1.82, 2.24) is 0 Å². The first kappa shape index (κ1) is 29.9. The Morgan fingerprint density at radius 1 is 0.773 bits per heavy atom. The standard InChI is InChI=1S/2C8H11.C2H7Si.2FH.Zr/c2*1-6-4-7(2)8(3)5-6;1-3-2;;;/h2*4,6H,1-3H3;3H,1-2H3;2*1H;/q2*-1;;;;+2. The summed E-state index contributed by atoms with van der Waals surface area (Å²) in [6, 6.07) is 0. The molecule has 1 radical (unpaired) electrons. The molecule has 0 aliphatic heterocycles. The first-order valence-electron chi connectivity index (χ1n) is 7.13. The average Bonchev–Trinajstić information content (AvgIpc) is 2.72. The molecule has 0 heterocycles. The van der Waals surface area contributed by atoms with Crippen molar-refractivity contribution in [2.24, 2.45) is 11.8 Å². The Kier molecular flexibility index (Phi) is 21.5. The first-order valence-corrected chi connectivity index (χ1v) is 9.44. The zero-order valence-corrected chi connectivity index (χ0v) is 18.8. The largest absolute Gasteiger partial charge is 2.00 e. The zero-order valence-electron chi connectivity index (χ0n) is 15.2. The molecule has 4 heteroatoms. The molecule has 22 heavy (non-hydrogen) atoms. The summed E-state index contributed by atoms with van der Waals surface area (Å²) < 4.78 is 0. The molecule has 0 bridgehead atoms. The summed E-state index contributed by atoms with van der Waals surface area (Å²) in [7, 11) is 0.750. The smallest absolute Gasteiger partial charge is 0.269 e. The summed E-state index contributed by atoms with van der Waals surface area (Å²) in [4.78, 5) is 0. The average molecular weight is 405 g/mol. The normalized spacial score (nSPS) is 20.9. The Labute approximate surface area is 157 Å². The SMILES string of the molecule is CC1=[C-]C(C)C=C1C.CC1=[C-]C(C)C=C1C.C[SiH]C.F.F.[Zr+2]. The van der Waals surface area contributed by atoms with E-state index < -0.39 is 0 Å². The number of hydrogen-bond acceptors (Lipinski definition) is 0. The monoisotopic (exact) mass is 403 g/mol. The molecule has 2 atom stereocenters. The van der Waals surface area contributed by atoms with Gasteiger partial charge in [-0.1, -0.05) is 52.6 Å². The number of rotatable bonds is 0. The fraction of sp³-hybridized carbons (Fsp3) is 0.556. The minimum absolute atomic E-state index is 0. The molecule has 0 spiro atoms. The van der Waals surface area contributed by atoms with Crippen LogP contribution >= 0.6 is 0 Å². The maximum atomic E-state index is 3.29. The van der Waals surface area contributed by atoms with Crippen LogP contribution in [0.3, 0.4) is 0 Å². The maximum absolute atomic E-state index is 3.29. The summed E-state index contributed by atoms with van der Waals surface area (Å²) in [6.07, 6.45) is 11.0. The predicted molar refractivity (Wildman–Crippen MR) is 94.6 cm³/mol. The summed E-state index contributed by atoms with van der Waals surface area (Å²) >= 11 is 0. The molecule has 0 fully saturated rings. The van der Waals surface area contributed by atoms with Gasteiger partial charge in [-0.15, -0.1) is 13.8 Å². The second-order valence-corrected chi connectivity index (χ2v) is 6.55. The second-order valence-electron chi connectivity index (χ2n) is 5.39. The molecular formula is C18H31F2SiZr. The van der Waals surface area contributed by atoms with Gasteiger partial charge in [-0.2, -0.15) is 12.2 Å². The van der Waals surface area contributed by atoms with Crippen LogP contribution in [-0.4, -0.2) is 9.52 Å². The molecule has 125 valence electrons. The van der Waals surface area contributed by atoms with Crippen LogP contribution < -0.4 is 0 Å². The van der Waals surface area contributed by atoms with Gasteiger partial charge in [0, 0.05) is 9.52 Å². The van der Waals surface area contributed by atoms with Crippen molar-refractivity contribution in [3.05, 3.63) is 46.6 Å². The Morgan fingerprint density at radius 2 is 1.00 bits per heavy atom. The third kappa shape index (κ3) is 12.5. The van der Waals surface area contributed by atoms with Gasteiger partial charge in [-0.05, 0) is 0 Å². The van der Waals surface area contributed by atoms with Crippen molar-refractivity contribution in [1.29, 1.82) is 0 Å². The predicted octanol–water partition coefficient (Wildman–Crippen LogP) is 5.49. The molecule has 0 aromatic carbocycles. The van der Waals surface area contributed by atoms with Crippen LogP contribution in [0.2, 0.25) is 13.1 Å². The molecule has 0 aromatic rings. The maximum Gasteiger partial charge on any atom is 2.00 e. The Bertz CT molecular complexity index is 335. The minimum Gasteiger partial charge on any atom is -0.269 e. The molecule has 0 saturated heterocycles. The van der Waals surface area contributed by atoms with Gasteiger partial charge >= 0.3 is 26.2 Å². The van der Waals surface area contributed by atoms with Crippen molar-refractivity contribution in [3.63, 3.8) is 0 Å². The van der Waals surface area contributed by atoms with Gasteiger partial charge in [0.25, 0.3) is 0 Å². The molecule has 2 aliphatic carbocycles. The van der Waals surface area contributed by atoms with E-state index in [-0.39, 0.29) is 35.6 Å². The van der Waals surface area contributed by atoms with E-state index in [2.05, 4.69) is 78.9 Å². The summed E-state index contributed by atoms with van der Waals surface area (Å²) in [5, 5.41) is 0. The molecule has 0 saturated carbocycles. The number of halogens is 2. The zero-order chi connectivity index (χ0) is 15.0. The van der Waals surface area contributed by atoms with Crippen molar-refractivity contribution < 1.29 is 35.6 Å². The molecule has 2 aliphatic rings. The molecule has 2 rings (SSSR count). The first-order chi connectivity index (χ1) is 8.81. The fourth-order valence-corrected chi connectivity index (χ4v) is 1.99. The Balaban J connectivity index is -0.000000112. The van der Waals surface area contributed by atoms with E-state index in [1.807, 2.05) is 0 Å². The van der Waals surface area contributed by atoms with Crippen LogP contribution in [0, 0.1) is 24.0 Å². The van der Waals surface area contributed by atoms with Gasteiger partial charge in [0.15, 0.2) is 0 Å². The summed E-state index contributed by atoms with van der Waals surface area (Å²) in [6.45, 7) is 17.2. The second kappa shape index (κ2) is 15.8. The van der Waals surface area contributed by atoms with Crippen molar-refractivity contribution in [2.45, 2.75) is 54.6 Å². The van der Waals surface area contributed by atoms with E-state index in [1.54, 1.807) is 0 Å². The summed E-state index contributed by atoms with van der Waals surface area (Å²) in [5.41, 5.74) is 5.41. The van der Waals surface area contributed by atoms with Crippen molar-refractivity contribution in [3.8, 4) is 0 Å². The Morgan fingerprint density at radius 3 is 1.05 bits per heavy atom. The number of allylic oxidation sites excluding steroid dienone is 8. The Hall–Kier alpha value is -0.0800. The summed E-state index contributed by atoms with van der Waals surface area (Å²) in [5.74, 6) is 1.10. The number of hydrogen-bond donors (Lipinski definition) is 0. The molecule has 0 amide bonds. The van der Waals surface area contributed by atoms with Gasteiger partial charge in [0.05, 0.1) is 0 Å². The quantitative estimate of drug-likeness (QED) is 0.370. The van der Waals surface area contributed by atoms with E-state index in [0.717, 1.165) is 9.52 Å². The van der Waals surface area contributed by atoms with Gasteiger partial charge in [-0.25, -0.2) is 22.3 Å². The minimum atomic E-state index is 0. The van der Waals surface area contributed by atoms with E-state index in [1.165, 1.54) is 22.3 Å². The topological polar surface area (TPSA) is 0 Å². The van der Waals surface area contributed by atoms with Crippen LogP contribution in [0.4, 0.5) is 9.41 Å². The third-order valence-electron chi connectivity index (χ3n) is 3.07. The van der Waals surface area contributed by atoms with Crippen LogP contribution in [0.15, 0.2) is 34.4 Å². The van der Waals surface area contributed by atoms with Crippen LogP contribution in [-0.2, 0) is 26.2 Å². The van der Waals surface area contributed by atoms with Gasteiger partial charge in [-0.3, -0.25) is 21.6 Å². The van der Waals surface area contributed by atoms with E-state index in [4.69, 9.17) is 0 Å². The molecule has 2 unspecified atom stereocenters. The van der Waals surface area contributed by atoms with Crippen molar-refractivity contribution >= 4 is 9.52 Å². The van der Waals surface area contributed by atoms with Gasteiger partial charge < -0.3 is 0 Å². The van der Waals surface area contributed by atoms with E-state index >= 15 is 0 Å². The molecule has 0 nitrogen and oxygen atoms in total. The van der Waals surface area contributed by atoms with Crippen LogP contribution in [0.25, 0.3) is 0 Å². The van der Waals surface area contributed by atoms with Crippen LogP contribution in [0.5, 0.6) is 0 Å². The fourth-order valence-electron chi connectivity index (χ4n) is 1.99. The van der Waals surface area contributed by atoms with Gasteiger partial charge in [0.1, 0.15) is 0 Å². The van der Waals surface area contributed by atoms with Gasteiger partial charge in [0.2, 0.25) is 0 Å². The third-order valence-corrected chi connectivity index (χ3v) is 3.07. The van der Waals surface area contributed by atoms with E-state index in [0.29, 0.717) is 11.8 Å². The van der Waals surface area contributed by atoms with Crippen LogP contribution in [0.1, 0.15) is 41.5 Å². The van der Waals surface area contributed by atoms with E-state index in [9.17, 15) is 0 Å².